The molecule has 0 saturated heterocycles. The summed E-state index contributed by atoms with van der Waals surface area (Å²) in [5.41, 5.74) is 5.07. The Hall–Kier alpha value is -2.92. The average Bonchev–Trinajstić information content (AvgIpc) is 2.62. The number of benzene rings is 2. The van der Waals surface area contributed by atoms with Crippen LogP contribution in [0.25, 0.3) is 0 Å². The monoisotopic (exact) mass is 320 g/mol. The Balaban J connectivity index is 1.81. The first-order chi connectivity index (χ1) is 11.3. The number of para-hydroxylation sites is 2. The molecule has 2 aromatic carbocycles. The molecule has 1 aromatic heterocycles. The molecule has 5 heteroatoms. The molecule has 0 bridgehead atoms. The van der Waals surface area contributed by atoms with Crippen molar-refractivity contribution >= 4 is 34.5 Å². The summed E-state index contributed by atoms with van der Waals surface area (Å²) in [7, 11) is 0. The Morgan fingerprint density at radius 1 is 0.826 bits per heavy atom. The van der Waals surface area contributed by atoms with Gasteiger partial charge in [0.15, 0.2) is 10.9 Å². The molecule has 0 atom stereocenters. The topological polar surface area (TPSA) is 40.2 Å². The van der Waals surface area contributed by atoms with E-state index in [1.807, 2.05) is 83.9 Å². The van der Waals surface area contributed by atoms with Crippen molar-refractivity contribution < 1.29 is 0 Å². The lowest BCUT2D eigenvalue weighted by atomic mass is 10.3. The highest BCUT2D eigenvalue weighted by Crippen LogP contribution is 2.20. The van der Waals surface area contributed by atoms with Gasteiger partial charge in [0, 0.05) is 11.9 Å². The predicted octanol–water partition coefficient (Wildman–Crippen LogP) is 4.12. The Morgan fingerprint density at radius 3 is 2.13 bits per heavy atom. The molecule has 0 fully saturated rings. The standard InChI is InChI=1S/C18H16N4S/c23-18(20-15-9-3-1-4-10-15)21-22(16-11-5-2-6-12-16)17-13-7-8-14-19-17/h1-14H,(H2,20,21,23). The number of hydrogen-bond acceptors (Lipinski definition) is 3. The molecule has 0 aliphatic rings. The van der Waals surface area contributed by atoms with Crippen LogP contribution in [0.1, 0.15) is 0 Å². The summed E-state index contributed by atoms with van der Waals surface area (Å²) in [6.07, 6.45) is 1.75. The van der Waals surface area contributed by atoms with E-state index in [4.69, 9.17) is 12.2 Å². The molecule has 1 heterocycles. The zero-order valence-electron chi connectivity index (χ0n) is 12.4. The number of pyridine rings is 1. The highest BCUT2D eigenvalue weighted by molar-refractivity contribution is 7.80. The molecule has 0 aliphatic carbocycles. The molecule has 2 N–H and O–H groups in total. The molecule has 3 rings (SSSR count). The van der Waals surface area contributed by atoms with Crippen LogP contribution in [-0.2, 0) is 0 Å². The minimum absolute atomic E-state index is 0.491. The van der Waals surface area contributed by atoms with Gasteiger partial charge in [-0.3, -0.25) is 5.43 Å². The van der Waals surface area contributed by atoms with E-state index in [0.29, 0.717) is 5.11 Å². The number of thiocarbonyl (C=S) groups is 1. The maximum atomic E-state index is 5.42. The Morgan fingerprint density at radius 2 is 1.48 bits per heavy atom. The Labute approximate surface area is 140 Å². The van der Waals surface area contributed by atoms with Crippen molar-refractivity contribution in [2.24, 2.45) is 0 Å². The fraction of sp³-hybridized carbons (Fsp3) is 0. The number of aromatic nitrogens is 1. The van der Waals surface area contributed by atoms with E-state index in [-0.39, 0.29) is 0 Å². The third kappa shape index (κ3) is 4.05. The van der Waals surface area contributed by atoms with E-state index in [0.717, 1.165) is 17.2 Å². The predicted molar refractivity (Wildman–Crippen MR) is 98.6 cm³/mol. The summed E-state index contributed by atoms with van der Waals surface area (Å²) in [6, 6.07) is 25.4. The quantitative estimate of drug-likeness (QED) is 0.559. The van der Waals surface area contributed by atoms with Gasteiger partial charge in [0.2, 0.25) is 0 Å². The number of hydrogen-bond donors (Lipinski definition) is 2. The fourth-order valence-electron chi connectivity index (χ4n) is 2.10. The van der Waals surface area contributed by atoms with Crippen LogP contribution < -0.4 is 15.8 Å². The highest BCUT2D eigenvalue weighted by atomic mass is 32.1. The number of nitrogens with one attached hydrogen (secondary N) is 2. The van der Waals surface area contributed by atoms with Crippen molar-refractivity contribution in [2.45, 2.75) is 0 Å². The van der Waals surface area contributed by atoms with Gasteiger partial charge in [-0.15, -0.1) is 0 Å². The van der Waals surface area contributed by atoms with Crippen molar-refractivity contribution in [3.8, 4) is 0 Å². The van der Waals surface area contributed by atoms with Crippen LogP contribution in [0.5, 0.6) is 0 Å². The molecule has 0 aliphatic heterocycles. The molecule has 0 saturated carbocycles. The third-order valence-electron chi connectivity index (χ3n) is 3.14. The average molecular weight is 320 g/mol. The molecule has 114 valence electrons. The second-order valence-electron chi connectivity index (χ2n) is 4.79. The van der Waals surface area contributed by atoms with Gasteiger partial charge in [-0.2, -0.15) is 0 Å². The normalized spacial score (nSPS) is 9.91. The van der Waals surface area contributed by atoms with Gasteiger partial charge in [0.1, 0.15) is 0 Å². The molecule has 4 nitrogen and oxygen atoms in total. The van der Waals surface area contributed by atoms with Crippen LogP contribution >= 0.6 is 12.2 Å². The van der Waals surface area contributed by atoms with E-state index in [9.17, 15) is 0 Å². The lowest BCUT2D eigenvalue weighted by Crippen LogP contribution is -2.41. The molecule has 3 aromatic rings. The lowest BCUT2D eigenvalue weighted by Gasteiger charge is -2.25. The summed E-state index contributed by atoms with van der Waals surface area (Å²) in [6.45, 7) is 0. The number of nitrogens with zero attached hydrogens (tertiary/aromatic N) is 2. The summed E-state index contributed by atoms with van der Waals surface area (Å²) in [5, 5.41) is 5.50. The van der Waals surface area contributed by atoms with Crippen LogP contribution in [0, 0.1) is 0 Å². The second kappa shape index (κ2) is 7.38. The summed E-state index contributed by atoms with van der Waals surface area (Å²) in [5.74, 6) is 0.760. The number of anilines is 3. The second-order valence-corrected chi connectivity index (χ2v) is 5.20. The van der Waals surface area contributed by atoms with Crippen molar-refractivity contribution in [3.05, 3.63) is 85.1 Å². The van der Waals surface area contributed by atoms with Gasteiger partial charge in [-0.25, -0.2) is 9.99 Å². The minimum atomic E-state index is 0.491. The van der Waals surface area contributed by atoms with Crippen LogP contribution in [0.15, 0.2) is 85.1 Å². The SMILES string of the molecule is S=C(Nc1ccccc1)NN(c1ccccc1)c1ccccn1. The van der Waals surface area contributed by atoms with Gasteiger partial charge in [-0.1, -0.05) is 42.5 Å². The first kappa shape index (κ1) is 15.0. The first-order valence-corrected chi connectivity index (χ1v) is 7.63. The molecule has 23 heavy (non-hydrogen) atoms. The highest BCUT2D eigenvalue weighted by Gasteiger charge is 2.11. The molecular weight excluding hydrogens is 304 g/mol. The number of hydrazine groups is 1. The molecule has 0 unspecified atom stereocenters. The molecule has 0 radical (unpaired) electrons. The Kier molecular flexibility index (Phi) is 4.81. The van der Waals surface area contributed by atoms with E-state index < -0.39 is 0 Å². The van der Waals surface area contributed by atoms with Crippen LogP contribution in [0.2, 0.25) is 0 Å². The Bertz CT molecular complexity index is 708. The van der Waals surface area contributed by atoms with Crippen LogP contribution in [-0.4, -0.2) is 10.1 Å². The van der Waals surface area contributed by atoms with Crippen LogP contribution in [0.3, 0.4) is 0 Å². The molecular formula is C18H16N4S. The largest absolute Gasteiger partial charge is 0.331 e. The molecule has 0 spiro atoms. The van der Waals surface area contributed by atoms with E-state index >= 15 is 0 Å². The van der Waals surface area contributed by atoms with Gasteiger partial charge in [0.25, 0.3) is 0 Å². The summed E-state index contributed by atoms with van der Waals surface area (Å²) in [4.78, 5) is 4.39. The maximum Gasteiger partial charge on any atom is 0.190 e. The zero-order chi connectivity index (χ0) is 15.9. The van der Waals surface area contributed by atoms with Crippen molar-refractivity contribution in [1.82, 2.24) is 10.4 Å². The van der Waals surface area contributed by atoms with Gasteiger partial charge in [0.05, 0.1) is 5.69 Å². The third-order valence-corrected chi connectivity index (χ3v) is 3.33. The lowest BCUT2D eigenvalue weighted by molar-refractivity contribution is 0.916. The maximum absolute atomic E-state index is 5.42. The van der Waals surface area contributed by atoms with Gasteiger partial charge < -0.3 is 5.32 Å². The van der Waals surface area contributed by atoms with Crippen molar-refractivity contribution in [3.63, 3.8) is 0 Å². The van der Waals surface area contributed by atoms with E-state index in [2.05, 4.69) is 15.7 Å². The van der Waals surface area contributed by atoms with E-state index in [1.54, 1.807) is 6.20 Å². The van der Waals surface area contributed by atoms with E-state index in [1.165, 1.54) is 0 Å². The first-order valence-electron chi connectivity index (χ1n) is 7.22. The zero-order valence-corrected chi connectivity index (χ0v) is 13.2. The van der Waals surface area contributed by atoms with Crippen molar-refractivity contribution in [2.75, 3.05) is 10.3 Å². The number of rotatable bonds is 4. The van der Waals surface area contributed by atoms with Gasteiger partial charge in [-0.05, 0) is 48.6 Å². The summed E-state index contributed by atoms with van der Waals surface area (Å²) >= 11 is 5.42. The van der Waals surface area contributed by atoms with Crippen LogP contribution in [0.4, 0.5) is 17.2 Å². The van der Waals surface area contributed by atoms with Crippen molar-refractivity contribution in [1.29, 1.82) is 0 Å². The summed E-state index contributed by atoms with van der Waals surface area (Å²) < 4.78 is 0. The fourth-order valence-corrected chi connectivity index (χ4v) is 2.31. The molecule has 0 amide bonds. The minimum Gasteiger partial charge on any atom is -0.331 e. The smallest absolute Gasteiger partial charge is 0.190 e. The van der Waals surface area contributed by atoms with Gasteiger partial charge >= 0.3 is 0 Å².